The van der Waals surface area contributed by atoms with Gasteiger partial charge in [-0.25, -0.2) is 9.37 Å². The van der Waals surface area contributed by atoms with Crippen LogP contribution in [0.5, 0.6) is 0 Å². The second-order valence-corrected chi connectivity index (χ2v) is 9.28. The third-order valence-corrected chi connectivity index (χ3v) is 7.05. The first-order valence-corrected chi connectivity index (χ1v) is 11.7. The Morgan fingerprint density at radius 3 is 2.79 bits per heavy atom. The largest absolute Gasteiger partial charge is 0.353 e. The standard InChI is InChI=1S/C22H19FN4O4S2/c1-2-14-10-15-19(32-14)25-12-26(20(15)29)11-18(28)24-7-8-27-21(30)17(33-22(27)31)9-13-5-3-4-6-16(13)23/h3-6,9-10,12H,2,7-8,11H2,1H3,(H,24,28)/b17-9-. The smallest absolute Gasteiger partial charge is 0.293 e. The van der Waals surface area contributed by atoms with Gasteiger partial charge < -0.3 is 5.32 Å². The maximum atomic E-state index is 13.8. The van der Waals surface area contributed by atoms with Crippen LogP contribution in [0.25, 0.3) is 16.3 Å². The Morgan fingerprint density at radius 2 is 2.03 bits per heavy atom. The molecule has 170 valence electrons. The van der Waals surface area contributed by atoms with Crippen LogP contribution in [-0.2, 0) is 22.6 Å². The van der Waals surface area contributed by atoms with Crippen molar-refractivity contribution in [1.29, 1.82) is 0 Å². The number of fused-ring (bicyclic) bond motifs is 1. The molecule has 3 heterocycles. The van der Waals surface area contributed by atoms with Crippen LogP contribution in [0.4, 0.5) is 9.18 Å². The molecule has 1 saturated heterocycles. The van der Waals surface area contributed by atoms with Gasteiger partial charge in [0.25, 0.3) is 16.7 Å². The van der Waals surface area contributed by atoms with Gasteiger partial charge in [0.15, 0.2) is 0 Å². The number of aryl methyl sites for hydroxylation is 1. The zero-order valence-electron chi connectivity index (χ0n) is 17.5. The highest BCUT2D eigenvalue weighted by Crippen LogP contribution is 2.32. The van der Waals surface area contributed by atoms with Crippen molar-refractivity contribution in [1.82, 2.24) is 19.8 Å². The van der Waals surface area contributed by atoms with Crippen LogP contribution in [0.3, 0.4) is 0 Å². The summed E-state index contributed by atoms with van der Waals surface area (Å²) in [5.41, 5.74) is -0.0840. The molecule has 4 rings (SSSR count). The number of halogens is 1. The van der Waals surface area contributed by atoms with Crippen LogP contribution < -0.4 is 10.9 Å². The first-order chi connectivity index (χ1) is 15.9. The van der Waals surface area contributed by atoms with Crippen molar-refractivity contribution in [2.45, 2.75) is 19.9 Å². The van der Waals surface area contributed by atoms with E-state index in [2.05, 4.69) is 10.3 Å². The molecule has 1 fully saturated rings. The summed E-state index contributed by atoms with van der Waals surface area (Å²) in [6.07, 6.45) is 3.47. The highest BCUT2D eigenvalue weighted by molar-refractivity contribution is 8.18. The van der Waals surface area contributed by atoms with Gasteiger partial charge in [-0.1, -0.05) is 25.1 Å². The molecule has 3 aromatic rings. The number of imide groups is 1. The number of nitrogens with zero attached hydrogens (tertiary/aromatic N) is 3. The average molecular weight is 487 g/mol. The van der Waals surface area contributed by atoms with E-state index >= 15 is 0 Å². The topological polar surface area (TPSA) is 101 Å². The maximum Gasteiger partial charge on any atom is 0.293 e. The van der Waals surface area contributed by atoms with Crippen LogP contribution in [0.2, 0.25) is 0 Å². The number of thiophene rings is 1. The summed E-state index contributed by atoms with van der Waals surface area (Å²) in [5.74, 6) is -1.48. The molecular weight excluding hydrogens is 467 g/mol. The molecule has 1 aliphatic rings. The van der Waals surface area contributed by atoms with Gasteiger partial charge in [-0.05, 0) is 36.4 Å². The summed E-state index contributed by atoms with van der Waals surface area (Å²) in [6.45, 7) is 1.74. The molecule has 1 N–H and O–H groups in total. The number of thioether (sulfide) groups is 1. The molecule has 0 unspecified atom stereocenters. The zero-order chi connectivity index (χ0) is 23.5. The highest BCUT2D eigenvalue weighted by Gasteiger charge is 2.34. The quantitative estimate of drug-likeness (QED) is 0.515. The SMILES string of the molecule is CCc1cc2c(=O)n(CC(=O)NCCN3C(=O)S/C(=C\c4ccccc4F)C3=O)cnc2s1. The van der Waals surface area contributed by atoms with E-state index in [1.807, 2.05) is 6.92 Å². The van der Waals surface area contributed by atoms with E-state index in [0.717, 1.165) is 28.0 Å². The monoisotopic (exact) mass is 486 g/mol. The summed E-state index contributed by atoms with van der Waals surface area (Å²) < 4.78 is 15.1. The number of benzene rings is 1. The van der Waals surface area contributed by atoms with Crippen LogP contribution >= 0.6 is 23.1 Å². The fourth-order valence-electron chi connectivity index (χ4n) is 3.24. The third kappa shape index (κ3) is 4.88. The lowest BCUT2D eigenvalue weighted by Crippen LogP contribution is -2.39. The minimum atomic E-state index is -0.544. The Labute approximate surface area is 196 Å². The molecular formula is C22H19FN4O4S2. The van der Waals surface area contributed by atoms with Crippen molar-refractivity contribution in [3.05, 3.63) is 68.2 Å². The normalized spacial score (nSPS) is 15.1. The van der Waals surface area contributed by atoms with Crippen LogP contribution in [0.15, 0.2) is 46.4 Å². The molecule has 0 aliphatic carbocycles. The predicted molar refractivity (Wildman–Crippen MR) is 125 cm³/mol. The minimum Gasteiger partial charge on any atom is -0.353 e. The Morgan fingerprint density at radius 1 is 1.24 bits per heavy atom. The first-order valence-electron chi connectivity index (χ1n) is 10.1. The van der Waals surface area contributed by atoms with Gasteiger partial charge in [0.1, 0.15) is 17.2 Å². The van der Waals surface area contributed by atoms with Crippen molar-refractivity contribution in [2.75, 3.05) is 13.1 Å². The second-order valence-electron chi connectivity index (χ2n) is 7.17. The number of carbonyl (C=O) groups excluding carboxylic acids is 3. The van der Waals surface area contributed by atoms with Gasteiger partial charge in [-0.2, -0.15) is 0 Å². The Hall–Kier alpha value is -3.31. The molecule has 0 spiro atoms. The van der Waals surface area contributed by atoms with Crippen molar-refractivity contribution in [3.8, 4) is 0 Å². The van der Waals surface area contributed by atoms with E-state index in [1.165, 1.54) is 46.5 Å². The van der Waals surface area contributed by atoms with Gasteiger partial charge in [0, 0.05) is 23.5 Å². The summed E-state index contributed by atoms with van der Waals surface area (Å²) in [6, 6.07) is 7.74. The summed E-state index contributed by atoms with van der Waals surface area (Å²) in [4.78, 5) is 56.6. The third-order valence-electron chi connectivity index (χ3n) is 4.95. The van der Waals surface area contributed by atoms with Crippen LogP contribution in [0.1, 0.15) is 17.4 Å². The van der Waals surface area contributed by atoms with Gasteiger partial charge in [-0.3, -0.25) is 28.6 Å². The molecule has 33 heavy (non-hydrogen) atoms. The van der Waals surface area contributed by atoms with Gasteiger partial charge in [-0.15, -0.1) is 11.3 Å². The van der Waals surface area contributed by atoms with Crippen molar-refractivity contribution >= 4 is 56.4 Å². The minimum absolute atomic E-state index is 0.0205. The average Bonchev–Trinajstić information content (AvgIpc) is 3.34. The van der Waals surface area contributed by atoms with E-state index in [0.29, 0.717) is 10.2 Å². The molecule has 8 nitrogen and oxygen atoms in total. The lowest BCUT2D eigenvalue weighted by Gasteiger charge is -2.13. The summed E-state index contributed by atoms with van der Waals surface area (Å²) in [5, 5.41) is 2.59. The van der Waals surface area contributed by atoms with Crippen molar-refractivity contribution in [2.24, 2.45) is 0 Å². The van der Waals surface area contributed by atoms with E-state index in [1.54, 1.807) is 12.1 Å². The molecule has 1 aromatic carbocycles. The number of nitrogens with one attached hydrogen (secondary N) is 1. The van der Waals surface area contributed by atoms with Crippen LogP contribution in [0, 0.1) is 5.82 Å². The summed E-state index contributed by atoms with van der Waals surface area (Å²) >= 11 is 2.17. The molecule has 1 aliphatic heterocycles. The summed E-state index contributed by atoms with van der Waals surface area (Å²) in [7, 11) is 0. The fourth-order valence-corrected chi connectivity index (χ4v) is 5.02. The van der Waals surface area contributed by atoms with Crippen molar-refractivity contribution in [3.63, 3.8) is 0 Å². The molecule has 0 saturated carbocycles. The first kappa shape index (κ1) is 22.9. The molecule has 2 aromatic heterocycles. The van der Waals surface area contributed by atoms with Gasteiger partial charge in [0.05, 0.1) is 16.6 Å². The lowest BCUT2D eigenvalue weighted by atomic mass is 10.2. The number of rotatable bonds is 7. The van der Waals surface area contributed by atoms with Gasteiger partial charge >= 0.3 is 0 Å². The van der Waals surface area contributed by atoms with E-state index < -0.39 is 22.9 Å². The van der Waals surface area contributed by atoms with E-state index in [4.69, 9.17) is 0 Å². The highest BCUT2D eigenvalue weighted by atomic mass is 32.2. The lowest BCUT2D eigenvalue weighted by molar-refractivity contribution is -0.124. The predicted octanol–water partition coefficient (Wildman–Crippen LogP) is 3.01. The Kier molecular flexibility index (Phi) is 6.70. The Balaban J connectivity index is 1.35. The second kappa shape index (κ2) is 9.67. The number of aromatic nitrogens is 2. The molecule has 11 heteroatoms. The maximum absolute atomic E-state index is 13.8. The van der Waals surface area contributed by atoms with Crippen LogP contribution in [-0.4, -0.2) is 44.6 Å². The van der Waals surface area contributed by atoms with E-state index in [9.17, 15) is 23.6 Å². The zero-order valence-corrected chi connectivity index (χ0v) is 19.2. The number of carbonyl (C=O) groups is 3. The molecule has 0 radical (unpaired) electrons. The van der Waals surface area contributed by atoms with E-state index in [-0.39, 0.29) is 35.7 Å². The number of hydrogen-bond donors (Lipinski definition) is 1. The fraction of sp³-hybridized carbons (Fsp3) is 0.227. The molecule has 3 amide bonds. The number of hydrogen-bond acceptors (Lipinski definition) is 7. The number of amides is 3. The Bertz CT molecular complexity index is 1350. The molecule has 0 bridgehead atoms. The van der Waals surface area contributed by atoms with Crippen molar-refractivity contribution < 1.29 is 18.8 Å². The van der Waals surface area contributed by atoms with Gasteiger partial charge in [0.2, 0.25) is 5.91 Å². The molecule has 0 atom stereocenters.